The van der Waals surface area contributed by atoms with Crippen LogP contribution in [-0.4, -0.2) is 36.5 Å². The van der Waals surface area contributed by atoms with Crippen molar-refractivity contribution in [3.63, 3.8) is 0 Å². The van der Waals surface area contributed by atoms with Crippen LogP contribution in [0.1, 0.15) is 10.4 Å². The van der Waals surface area contributed by atoms with Crippen LogP contribution < -0.4 is 0 Å². The lowest BCUT2D eigenvalue weighted by Crippen LogP contribution is -2.02. The van der Waals surface area contributed by atoms with Gasteiger partial charge in [-0.15, -0.1) is 5.10 Å². The van der Waals surface area contributed by atoms with Crippen LogP contribution in [0.5, 0.6) is 0 Å². The van der Waals surface area contributed by atoms with E-state index in [4.69, 9.17) is 0 Å². The third-order valence-electron chi connectivity index (χ3n) is 3.71. The summed E-state index contributed by atoms with van der Waals surface area (Å²) in [6.45, 7) is 0. The normalized spacial score (nSPS) is 11.0. The minimum absolute atomic E-state index is 0.00767. The molecule has 0 saturated carbocycles. The molecule has 128 valence electrons. The Morgan fingerprint density at radius 2 is 1.81 bits per heavy atom. The summed E-state index contributed by atoms with van der Waals surface area (Å²) in [7, 11) is 0. The molecule has 0 bridgehead atoms. The van der Waals surface area contributed by atoms with Gasteiger partial charge in [-0.2, -0.15) is 4.68 Å². The Hall–Kier alpha value is -3.13. The number of aromatic nitrogens is 5. The summed E-state index contributed by atoms with van der Waals surface area (Å²) >= 11 is 1.29. The van der Waals surface area contributed by atoms with Crippen LogP contribution in [-0.2, 0) is 0 Å². The zero-order valence-electron chi connectivity index (χ0n) is 13.4. The first-order chi connectivity index (χ1) is 12.7. The van der Waals surface area contributed by atoms with E-state index in [1.165, 1.54) is 34.9 Å². The number of thioether (sulfide) groups is 1. The van der Waals surface area contributed by atoms with Crippen LogP contribution in [0.25, 0.3) is 16.9 Å². The van der Waals surface area contributed by atoms with Gasteiger partial charge in [0.1, 0.15) is 17.2 Å². The van der Waals surface area contributed by atoms with Gasteiger partial charge in [0.15, 0.2) is 16.9 Å². The first-order valence-electron chi connectivity index (χ1n) is 7.76. The van der Waals surface area contributed by atoms with Crippen molar-refractivity contribution in [2.75, 3.05) is 5.75 Å². The third kappa shape index (κ3) is 3.18. The molecule has 4 aromatic rings. The molecule has 0 aliphatic heterocycles. The van der Waals surface area contributed by atoms with Gasteiger partial charge in [-0.3, -0.25) is 4.79 Å². The van der Waals surface area contributed by atoms with Crippen LogP contribution in [0.3, 0.4) is 0 Å². The smallest absolute Gasteiger partial charge is 0.187 e. The van der Waals surface area contributed by atoms with E-state index in [1.807, 2.05) is 18.2 Å². The molecule has 0 spiro atoms. The minimum Gasteiger partial charge on any atom is -0.293 e. The molecule has 4 rings (SSSR count). The second-order valence-electron chi connectivity index (χ2n) is 5.41. The molecule has 0 fully saturated rings. The zero-order valence-corrected chi connectivity index (χ0v) is 14.2. The molecule has 6 nitrogen and oxygen atoms in total. The summed E-state index contributed by atoms with van der Waals surface area (Å²) in [5.74, 6) is -0.0868. The molecule has 0 aliphatic rings. The second-order valence-corrected chi connectivity index (χ2v) is 6.37. The quantitative estimate of drug-likeness (QED) is 0.307. The number of fused-ring (bicyclic) bond motifs is 1. The van der Waals surface area contributed by atoms with Gasteiger partial charge < -0.3 is 0 Å². The third-order valence-corrected chi connectivity index (χ3v) is 4.69. The molecule has 26 heavy (non-hydrogen) atoms. The van der Waals surface area contributed by atoms with Crippen molar-refractivity contribution in [1.82, 2.24) is 25.0 Å². The Kier molecular flexibility index (Phi) is 4.40. The van der Waals surface area contributed by atoms with E-state index in [0.717, 1.165) is 0 Å². The molecule has 0 amide bonds. The van der Waals surface area contributed by atoms with Gasteiger partial charge in [-0.25, -0.2) is 14.4 Å². The van der Waals surface area contributed by atoms with E-state index in [-0.39, 0.29) is 17.4 Å². The highest BCUT2D eigenvalue weighted by atomic mass is 32.2. The predicted molar refractivity (Wildman–Crippen MR) is 95.9 cm³/mol. The number of benzene rings is 2. The average molecular weight is 365 g/mol. The number of halogens is 1. The summed E-state index contributed by atoms with van der Waals surface area (Å²) in [5, 5.41) is 8.79. The number of nitrogens with zero attached hydrogens (tertiary/aromatic N) is 5. The highest BCUT2D eigenvalue weighted by molar-refractivity contribution is 8.00. The molecular weight excluding hydrogens is 353 g/mol. The molecule has 0 unspecified atom stereocenters. The molecule has 8 heteroatoms. The maximum Gasteiger partial charge on any atom is 0.187 e. The second kappa shape index (κ2) is 7.01. The van der Waals surface area contributed by atoms with Gasteiger partial charge in [-0.05, 0) is 24.3 Å². The van der Waals surface area contributed by atoms with E-state index >= 15 is 0 Å². The Balaban J connectivity index is 1.61. The van der Waals surface area contributed by atoms with Gasteiger partial charge in [0.2, 0.25) is 0 Å². The van der Waals surface area contributed by atoms with Crippen LogP contribution in [0.2, 0.25) is 0 Å². The molecule has 0 atom stereocenters. The summed E-state index contributed by atoms with van der Waals surface area (Å²) in [4.78, 5) is 20.7. The molecule has 2 aromatic carbocycles. The lowest BCUT2D eigenvalue weighted by Gasteiger charge is -2.03. The average Bonchev–Trinajstić information content (AvgIpc) is 3.12. The number of carbonyl (C=O) groups is 1. The molecule has 0 N–H and O–H groups in total. The van der Waals surface area contributed by atoms with Gasteiger partial charge in [-0.1, -0.05) is 47.3 Å². The number of carbonyl (C=O) groups excluding carboxylic acids is 1. The van der Waals surface area contributed by atoms with Crippen molar-refractivity contribution in [2.24, 2.45) is 0 Å². The van der Waals surface area contributed by atoms with Gasteiger partial charge in [0, 0.05) is 5.56 Å². The van der Waals surface area contributed by atoms with Gasteiger partial charge in [0.25, 0.3) is 0 Å². The van der Waals surface area contributed by atoms with E-state index in [2.05, 4.69) is 20.3 Å². The highest BCUT2D eigenvalue weighted by Gasteiger charge is 2.15. The lowest BCUT2D eigenvalue weighted by molar-refractivity contribution is 0.102. The Bertz CT molecular complexity index is 1070. The van der Waals surface area contributed by atoms with Crippen LogP contribution >= 0.6 is 11.8 Å². The van der Waals surface area contributed by atoms with Crippen molar-refractivity contribution < 1.29 is 9.18 Å². The van der Waals surface area contributed by atoms with Gasteiger partial charge in [0.05, 0.1) is 11.4 Å². The number of hydrogen-bond acceptors (Lipinski definition) is 6. The standard InChI is InChI=1S/C18H12FN5OS/c19-13-6-8-14(9-7-13)24-17-16(22-23-24)18(21-11-20-17)26-10-15(25)12-4-2-1-3-5-12/h1-9,11H,10H2. The number of rotatable bonds is 5. The maximum atomic E-state index is 13.1. The number of ketones is 1. The first kappa shape index (κ1) is 16.3. The SMILES string of the molecule is O=C(CSc1ncnc2c1nnn2-c1ccc(F)cc1)c1ccccc1. The Labute approximate surface area is 152 Å². The van der Waals surface area contributed by atoms with Crippen molar-refractivity contribution in [3.8, 4) is 5.69 Å². The van der Waals surface area contributed by atoms with E-state index < -0.39 is 0 Å². The van der Waals surface area contributed by atoms with E-state index in [1.54, 1.807) is 24.3 Å². The van der Waals surface area contributed by atoms with E-state index in [0.29, 0.717) is 27.4 Å². The van der Waals surface area contributed by atoms with E-state index in [9.17, 15) is 9.18 Å². The molecule has 0 radical (unpaired) electrons. The number of Topliss-reactive ketones (excluding diaryl/α,β-unsaturated/α-hetero) is 1. The van der Waals surface area contributed by atoms with Crippen molar-refractivity contribution in [2.45, 2.75) is 5.03 Å². The summed E-state index contributed by atoms with van der Waals surface area (Å²) in [6.07, 6.45) is 1.40. The molecular formula is C18H12FN5OS. The van der Waals surface area contributed by atoms with Crippen LogP contribution in [0, 0.1) is 5.82 Å². The van der Waals surface area contributed by atoms with Crippen LogP contribution in [0.15, 0.2) is 66.0 Å². The summed E-state index contributed by atoms with van der Waals surface area (Å²) in [5.41, 5.74) is 2.30. The monoisotopic (exact) mass is 365 g/mol. The van der Waals surface area contributed by atoms with Gasteiger partial charge >= 0.3 is 0 Å². The van der Waals surface area contributed by atoms with Crippen LogP contribution in [0.4, 0.5) is 4.39 Å². The fourth-order valence-electron chi connectivity index (χ4n) is 2.43. The highest BCUT2D eigenvalue weighted by Crippen LogP contribution is 2.24. The summed E-state index contributed by atoms with van der Waals surface area (Å²) in [6, 6.07) is 15.0. The molecule has 0 saturated heterocycles. The lowest BCUT2D eigenvalue weighted by atomic mass is 10.2. The molecule has 0 aliphatic carbocycles. The zero-order chi connectivity index (χ0) is 17.9. The topological polar surface area (TPSA) is 73.6 Å². The van der Waals surface area contributed by atoms with Crippen molar-refractivity contribution in [3.05, 3.63) is 72.3 Å². The Morgan fingerprint density at radius 3 is 2.58 bits per heavy atom. The fraction of sp³-hybridized carbons (Fsp3) is 0.0556. The van der Waals surface area contributed by atoms with Crippen molar-refractivity contribution >= 4 is 28.7 Å². The number of hydrogen-bond donors (Lipinski definition) is 0. The summed E-state index contributed by atoms with van der Waals surface area (Å²) < 4.78 is 14.6. The largest absolute Gasteiger partial charge is 0.293 e. The minimum atomic E-state index is -0.330. The maximum absolute atomic E-state index is 13.1. The first-order valence-corrected chi connectivity index (χ1v) is 8.74. The molecule has 2 heterocycles. The van der Waals surface area contributed by atoms with Crippen molar-refractivity contribution in [1.29, 1.82) is 0 Å². The molecule has 2 aromatic heterocycles. The Morgan fingerprint density at radius 1 is 1.04 bits per heavy atom. The fourth-order valence-corrected chi connectivity index (χ4v) is 3.26. The predicted octanol–water partition coefficient (Wildman–Crippen LogP) is 3.32.